The molecule has 0 bridgehead atoms. The van der Waals surface area contributed by atoms with Crippen LogP contribution in [0.25, 0.3) is 0 Å². The van der Waals surface area contributed by atoms with Crippen molar-refractivity contribution in [1.82, 2.24) is 9.62 Å². The number of carboxylic acids is 1. The highest BCUT2D eigenvalue weighted by Gasteiger charge is 2.19. The van der Waals surface area contributed by atoms with Gasteiger partial charge >= 0.3 is 5.97 Å². The Kier molecular flexibility index (Phi) is 5.71. The van der Waals surface area contributed by atoms with E-state index in [4.69, 9.17) is 5.11 Å². The summed E-state index contributed by atoms with van der Waals surface area (Å²) in [6.07, 6.45) is 0. The minimum Gasteiger partial charge on any atom is -0.478 e. The number of hydrogen-bond donors (Lipinski definition) is 2. The van der Waals surface area contributed by atoms with Gasteiger partial charge < -0.3 is 10.0 Å². The first kappa shape index (κ1) is 18.1. The Labute approximate surface area is 141 Å². The van der Waals surface area contributed by atoms with Gasteiger partial charge in [-0.3, -0.25) is 0 Å². The lowest BCUT2D eigenvalue weighted by Crippen LogP contribution is -2.34. The smallest absolute Gasteiger partial charge is 0.335 e. The minimum atomic E-state index is -3.71. The Morgan fingerprint density at radius 3 is 2.17 bits per heavy atom. The molecule has 1 atom stereocenters. The predicted octanol–water partition coefficient (Wildman–Crippen LogP) is 1.97. The Morgan fingerprint density at radius 1 is 1.08 bits per heavy atom. The van der Waals surface area contributed by atoms with E-state index in [1.807, 2.05) is 49.3 Å². The second-order valence-electron chi connectivity index (χ2n) is 5.57. The quantitative estimate of drug-likeness (QED) is 0.799. The summed E-state index contributed by atoms with van der Waals surface area (Å²) in [6.45, 7) is 0.208. The van der Waals surface area contributed by atoms with Crippen molar-refractivity contribution in [2.45, 2.75) is 10.9 Å². The van der Waals surface area contributed by atoms with Gasteiger partial charge in [0.2, 0.25) is 10.0 Å². The first-order valence-corrected chi connectivity index (χ1v) is 8.84. The summed E-state index contributed by atoms with van der Waals surface area (Å²) in [6, 6.07) is 14.6. The van der Waals surface area contributed by atoms with Gasteiger partial charge in [0.1, 0.15) is 0 Å². The third-order valence-corrected chi connectivity index (χ3v) is 5.13. The number of nitrogens with zero attached hydrogens (tertiary/aromatic N) is 1. The zero-order chi connectivity index (χ0) is 17.7. The van der Waals surface area contributed by atoms with E-state index in [9.17, 15) is 13.2 Å². The lowest BCUT2D eigenvalue weighted by Gasteiger charge is -2.25. The highest BCUT2D eigenvalue weighted by atomic mass is 32.2. The number of carbonyl (C=O) groups is 1. The van der Waals surface area contributed by atoms with Crippen LogP contribution in [-0.2, 0) is 10.0 Å². The summed E-state index contributed by atoms with van der Waals surface area (Å²) in [5, 5.41) is 8.87. The number of sulfonamides is 1. The van der Waals surface area contributed by atoms with Crippen LogP contribution >= 0.6 is 0 Å². The highest BCUT2D eigenvalue weighted by Crippen LogP contribution is 2.18. The summed E-state index contributed by atoms with van der Waals surface area (Å²) in [5.74, 6) is -1.09. The fraction of sp³-hybridized carbons (Fsp3) is 0.235. The van der Waals surface area contributed by atoms with Crippen LogP contribution in [0.4, 0.5) is 0 Å². The van der Waals surface area contributed by atoms with Crippen molar-refractivity contribution in [2.75, 3.05) is 20.6 Å². The van der Waals surface area contributed by atoms with Crippen LogP contribution in [-0.4, -0.2) is 45.0 Å². The largest absolute Gasteiger partial charge is 0.478 e. The van der Waals surface area contributed by atoms with Gasteiger partial charge in [0.25, 0.3) is 0 Å². The number of aromatic carboxylic acids is 1. The molecule has 0 saturated heterocycles. The van der Waals surface area contributed by atoms with E-state index in [2.05, 4.69) is 4.72 Å². The first-order valence-electron chi connectivity index (χ1n) is 7.35. The van der Waals surface area contributed by atoms with Crippen LogP contribution in [0.15, 0.2) is 59.5 Å². The maximum atomic E-state index is 12.4. The Balaban J connectivity index is 2.14. The van der Waals surface area contributed by atoms with Gasteiger partial charge in [-0.15, -0.1) is 0 Å². The molecule has 6 nitrogen and oxygen atoms in total. The lowest BCUT2D eigenvalue weighted by atomic mass is 10.1. The molecule has 0 amide bonds. The van der Waals surface area contributed by atoms with Gasteiger partial charge in [-0.2, -0.15) is 0 Å². The maximum absolute atomic E-state index is 12.4. The summed E-state index contributed by atoms with van der Waals surface area (Å²) < 4.78 is 27.4. The Hall–Kier alpha value is -2.22. The first-order chi connectivity index (χ1) is 11.3. The van der Waals surface area contributed by atoms with E-state index >= 15 is 0 Å². The van der Waals surface area contributed by atoms with Gasteiger partial charge in [0.05, 0.1) is 10.5 Å². The second-order valence-corrected chi connectivity index (χ2v) is 7.34. The maximum Gasteiger partial charge on any atom is 0.335 e. The topological polar surface area (TPSA) is 86.7 Å². The van der Waals surface area contributed by atoms with Crippen molar-refractivity contribution in [3.05, 3.63) is 65.7 Å². The summed E-state index contributed by atoms with van der Waals surface area (Å²) in [7, 11) is 0.0562. The number of nitrogens with one attached hydrogen (secondary N) is 1. The van der Waals surface area contributed by atoms with Crippen molar-refractivity contribution in [3.8, 4) is 0 Å². The van der Waals surface area contributed by atoms with E-state index in [0.29, 0.717) is 0 Å². The van der Waals surface area contributed by atoms with Crippen molar-refractivity contribution in [2.24, 2.45) is 0 Å². The molecular formula is C17H20N2O4S. The standard InChI is InChI=1S/C17H20N2O4S/c1-19(2)16(13-6-4-3-5-7-13)12-18-24(22,23)15-10-8-14(9-11-15)17(20)21/h3-11,16,18H,12H2,1-2H3,(H,20,21)/t16-/m0/s1. The number of carboxylic acid groups (broad SMARTS) is 1. The molecule has 2 N–H and O–H groups in total. The zero-order valence-electron chi connectivity index (χ0n) is 13.5. The summed E-state index contributed by atoms with van der Waals surface area (Å²) in [5.41, 5.74) is 1.05. The van der Waals surface area contributed by atoms with E-state index < -0.39 is 16.0 Å². The molecule has 0 aliphatic carbocycles. The molecule has 128 valence electrons. The van der Waals surface area contributed by atoms with Crippen LogP contribution in [0.1, 0.15) is 22.0 Å². The molecule has 0 aliphatic heterocycles. The van der Waals surface area contributed by atoms with Crippen LogP contribution < -0.4 is 4.72 Å². The molecule has 2 rings (SSSR count). The molecule has 24 heavy (non-hydrogen) atoms. The summed E-state index contributed by atoms with van der Waals surface area (Å²) >= 11 is 0. The second kappa shape index (κ2) is 7.57. The number of hydrogen-bond acceptors (Lipinski definition) is 4. The molecule has 0 heterocycles. The SMILES string of the molecule is CN(C)[C@@H](CNS(=O)(=O)c1ccc(C(=O)O)cc1)c1ccccc1. The van der Waals surface area contributed by atoms with E-state index in [1.54, 1.807) is 0 Å². The van der Waals surface area contributed by atoms with Crippen molar-refractivity contribution in [1.29, 1.82) is 0 Å². The van der Waals surface area contributed by atoms with E-state index in [1.165, 1.54) is 24.3 Å². The summed E-state index contributed by atoms with van der Waals surface area (Å²) in [4.78, 5) is 12.8. The lowest BCUT2D eigenvalue weighted by molar-refractivity contribution is 0.0696. The zero-order valence-corrected chi connectivity index (χ0v) is 14.3. The average molecular weight is 348 g/mol. The van der Waals surface area contributed by atoms with Crippen LogP contribution in [0.5, 0.6) is 0 Å². The monoisotopic (exact) mass is 348 g/mol. The molecule has 0 unspecified atom stereocenters. The minimum absolute atomic E-state index is 0.0399. The van der Waals surface area contributed by atoms with Gasteiger partial charge in [-0.05, 0) is 43.9 Å². The molecular weight excluding hydrogens is 328 g/mol. The molecule has 2 aromatic carbocycles. The third kappa shape index (κ3) is 4.41. The molecule has 0 aromatic heterocycles. The van der Waals surface area contributed by atoms with Gasteiger partial charge in [0.15, 0.2) is 0 Å². The van der Waals surface area contributed by atoms with E-state index in [-0.39, 0.29) is 23.0 Å². The number of likely N-dealkylation sites (N-methyl/N-ethyl adjacent to an activating group) is 1. The molecule has 0 aliphatic rings. The fourth-order valence-electron chi connectivity index (χ4n) is 2.32. The van der Waals surface area contributed by atoms with Crippen molar-refractivity contribution in [3.63, 3.8) is 0 Å². The average Bonchev–Trinajstić information content (AvgIpc) is 2.55. The third-order valence-electron chi connectivity index (χ3n) is 3.69. The normalized spacial score (nSPS) is 13.0. The number of benzene rings is 2. The molecule has 0 fully saturated rings. The van der Waals surface area contributed by atoms with Crippen LogP contribution in [0.3, 0.4) is 0 Å². The molecule has 2 aromatic rings. The Morgan fingerprint density at radius 2 is 1.67 bits per heavy atom. The number of rotatable bonds is 7. The molecule has 0 spiro atoms. The molecule has 0 radical (unpaired) electrons. The van der Waals surface area contributed by atoms with Gasteiger partial charge in [-0.25, -0.2) is 17.9 Å². The van der Waals surface area contributed by atoms with Gasteiger partial charge in [0, 0.05) is 12.6 Å². The fourth-order valence-corrected chi connectivity index (χ4v) is 3.36. The molecule has 7 heteroatoms. The van der Waals surface area contributed by atoms with E-state index in [0.717, 1.165) is 5.56 Å². The predicted molar refractivity (Wildman–Crippen MR) is 91.5 cm³/mol. The van der Waals surface area contributed by atoms with Gasteiger partial charge in [-0.1, -0.05) is 30.3 Å². The molecule has 0 saturated carbocycles. The van der Waals surface area contributed by atoms with Crippen molar-refractivity contribution < 1.29 is 18.3 Å². The van der Waals surface area contributed by atoms with Crippen LogP contribution in [0.2, 0.25) is 0 Å². The van der Waals surface area contributed by atoms with Crippen LogP contribution in [0, 0.1) is 0 Å². The Bertz CT molecular complexity index is 787. The highest BCUT2D eigenvalue weighted by molar-refractivity contribution is 7.89. The van der Waals surface area contributed by atoms with Crippen molar-refractivity contribution >= 4 is 16.0 Å².